The average Bonchev–Trinajstić information content (AvgIpc) is 3.42. The number of nitriles is 1. The Labute approximate surface area is 178 Å². The molecule has 150 valence electrons. The monoisotopic (exact) mass is 406 g/mol. The molecule has 0 amide bonds. The van der Waals surface area contributed by atoms with Crippen LogP contribution in [0.25, 0.3) is 28.0 Å². The molecule has 31 heavy (non-hydrogen) atoms. The number of pyridine rings is 2. The molecular weight excluding hydrogens is 388 g/mol. The lowest BCUT2D eigenvalue weighted by Gasteiger charge is -2.07. The number of ether oxygens (including phenoxy) is 1. The van der Waals surface area contributed by atoms with Crippen LogP contribution in [0.2, 0.25) is 0 Å². The summed E-state index contributed by atoms with van der Waals surface area (Å²) in [5.74, 6) is 0.718. The van der Waals surface area contributed by atoms with Crippen molar-refractivity contribution in [3.8, 4) is 34.3 Å². The molecule has 5 rings (SSSR count). The highest BCUT2D eigenvalue weighted by Crippen LogP contribution is 2.26. The highest BCUT2D eigenvalue weighted by Gasteiger charge is 2.13. The molecule has 4 heterocycles. The molecule has 0 unspecified atom stereocenters. The second kappa shape index (κ2) is 7.76. The van der Waals surface area contributed by atoms with Crippen LogP contribution in [0.1, 0.15) is 11.4 Å². The highest BCUT2D eigenvalue weighted by molar-refractivity contribution is 5.66. The smallest absolute Gasteiger partial charge is 0.206 e. The van der Waals surface area contributed by atoms with Gasteiger partial charge in [-0.1, -0.05) is 6.07 Å². The van der Waals surface area contributed by atoms with E-state index in [0.29, 0.717) is 5.69 Å². The number of aryl methyl sites for hydroxylation is 1. The molecule has 4 aromatic heterocycles. The predicted octanol–water partition coefficient (Wildman–Crippen LogP) is 4.48. The summed E-state index contributed by atoms with van der Waals surface area (Å²) in [7, 11) is 0. The molecule has 0 aliphatic rings. The average molecular weight is 406 g/mol. The number of benzene rings is 1. The lowest BCUT2D eigenvalue weighted by Crippen LogP contribution is -1.99. The Morgan fingerprint density at radius 3 is 2.68 bits per heavy atom. The maximum Gasteiger partial charge on any atom is 0.206 e. The minimum absolute atomic E-state index is 0.249. The van der Waals surface area contributed by atoms with Crippen LogP contribution < -0.4 is 4.74 Å². The van der Waals surface area contributed by atoms with Crippen LogP contribution >= 0.6 is 0 Å². The zero-order valence-electron chi connectivity index (χ0n) is 16.8. The van der Waals surface area contributed by atoms with Crippen molar-refractivity contribution in [3.05, 3.63) is 90.8 Å². The third kappa shape index (κ3) is 3.74. The molecule has 0 aliphatic carbocycles. The van der Waals surface area contributed by atoms with Gasteiger partial charge in [-0.25, -0.2) is 4.98 Å². The Morgan fingerprint density at radius 2 is 1.90 bits per heavy atom. The molecule has 0 fully saturated rings. The lowest BCUT2D eigenvalue weighted by molar-refractivity contribution is 0.301. The summed E-state index contributed by atoms with van der Waals surface area (Å²) in [5.41, 5.74) is 6.22. The SMILES string of the molecule is Cc1cc(-c2cn(C#N)nc2COc2ccc(-c3cn4ccccc4n3)cc2)ccn1. The Bertz CT molecular complexity index is 1380. The van der Waals surface area contributed by atoms with Gasteiger partial charge in [-0.15, -0.1) is 0 Å². The van der Waals surface area contributed by atoms with Gasteiger partial charge < -0.3 is 9.14 Å². The van der Waals surface area contributed by atoms with Gasteiger partial charge in [0.05, 0.1) is 11.9 Å². The topological polar surface area (TPSA) is 81.0 Å². The Kier molecular flexibility index (Phi) is 4.65. The molecule has 1 aromatic carbocycles. The summed E-state index contributed by atoms with van der Waals surface area (Å²) in [4.78, 5) is 8.88. The van der Waals surface area contributed by atoms with Gasteiger partial charge in [-0.05, 0) is 61.0 Å². The fourth-order valence-corrected chi connectivity index (χ4v) is 3.47. The minimum Gasteiger partial charge on any atom is -0.487 e. The number of aromatic nitrogens is 5. The summed E-state index contributed by atoms with van der Waals surface area (Å²) >= 11 is 0. The van der Waals surface area contributed by atoms with Crippen LogP contribution in [0.4, 0.5) is 0 Å². The molecule has 0 N–H and O–H groups in total. The molecule has 7 nitrogen and oxygen atoms in total. The van der Waals surface area contributed by atoms with Crippen molar-refractivity contribution in [2.45, 2.75) is 13.5 Å². The van der Waals surface area contributed by atoms with Crippen LogP contribution in [0.3, 0.4) is 0 Å². The predicted molar refractivity (Wildman–Crippen MR) is 116 cm³/mol. The van der Waals surface area contributed by atoms with Gasteiger partial charge in [0.1, 0.15) is 23.7 Å². The van der Waals surface area contributed by atoms with Crippen LogP contribution in [0.15, 0.2) is 79.4 Å². The zero-order chi connectivity index (χ0) is 21.2. The van der Waals surface area contributed by atoms with E-state index in [4.69, 9.17) is 4.74 Å². The quantitative estimate of drug-likeness (QED) is 0.430. The maximum absolute atomic E-state index is 9.24. The van der Waals surface area contributed by atoms with E-state index in [-0.39, 0.29) is 6.61 Å². The number of hydrogen-bond acceptors (Lipinski definition) is 5. The van der Waals surface area contributed by atoms with E-state index in [9.17, 15) is 5.26 Å². The summed E-state index contributed by atoms with van der Waals surface area (Å²) in [6.45, 7) is 2.18. The van der Waals surface area contributed by atoms with E-state index in [1.807, 2.05) is 84.5 Å². The molecule has 0 aliphatic heterocycles. The molecule has 0 spiro atoms. The van der Waals surface area contributed by atoms with Gasteiger partial charge in [-0.3, -0.25) is 4.98 Å². The van der Waals surface area contributed by atoms with E-state index in [0.717, 1.165) is 39.5 Å². The first-order valence-electron chi connectivity index (χ1n) is 9.78. The van der Waals surface area contributed by atoms with Crippen molar-refractivity contribution in [3.63, 3.8) is 0 Å². The molecule has 0 saturated carbocycles. The molecule has 0 radical (unpaired) electrons. The lowest BCUT2D eigenvalue weighted by atomic mass is 10.1. The van der Waals surface area contributed by atoms with Gasteiger partial charge in [0.15, 0.2) is 0 Å². The first-order valence-corrected chi connectivity index (χ1v) is 9.78. The summed E-state index contributed by atoms with van der Waals surface area (Å²) in [6.07, 6.45) is 9.47. The molecule has 0 atom stereocenters. The Hall–Kier alpha value is -4.44. The third-order valence-corrected chi connectivity index (χ3v) is 4.99. The zero-order valence-corrected chi connectivity index (χ0v) is 16.8. The van der Waals surface area contributed by atoms with E-state index < -0.39 is 0 Å². The van der Waals surface area contributed by atoms with Gasteiger partial charge in [0, 0.05) is 35.4 Å². The summed E-state index contributed by atoms with van der Waals surface area (Å²) in [6, 6.07) is 17.6. The van der Waals surface area contributed by atoms with E-state index in [1.165, 1.54) is 4.68 Å². The first kappa shape index (κ1) is 18.6. The van der Waals surface area contributed by atoms with E-state index in [2.05, 4.69) is 15.1 Å². The minimum atomic E-state index is 0.249. The Morgan fingerprint density at radius 1 is 1.03 bits per heavy atom. The molecule has 5 aromatic rings. The Balaban J connectivity index is 1.36. The fourth-order valence-electron chi connectivity index (χ4n) is 3.47. The van der Waals surface area contributed by atoms with Crippen molar-refractivity contribution in [2.24, 2.45) is 0 Å². The van der Waals surface area contributed by atoms with E-state index >= 15 is 0 Å². The number of fused-ring (bicyclic) bond motifs is 1. The standard InChI is InChI=1S/C24H18N6O/c1-17-12-19(9-10-26-17)21-13-30(16-25)28-23(21)15-31-20-7-5-18(6-8-20)22-14-29-11-3-2-4-24(29)27-22/h2-14H,15H2,1H3. The van der Waals surface area contributed by atoms with Gasteiger partial charge in [0.2, 0.25) is 6.19 Å². The summed E-state index contributed by atoms with van der Waals surface area (Å²) in [5, 5.41) is 13.6. The van der Waals surface area contributed by atoms with Crippen LogP contribution in [-0.2, 0) is 6.61 Å². The normalized spacial score (nSPS) is 10.8. The van der Waals surface area contributed by atoms with Gasteiger partial charge >= 0.3 is 0 Å². The van der Waals surface area contributed by atoms with Gasteiger partial charge in [-0.2, -0.15) is 15.0 Å². The van der Waals surface area contributed by atoms with Crippen molar-refractivity contribution in [1.29, 1.82) is 5.26 Å². The summed E-state index contributed by atoms with van der Waals surface area (Å²) < 4.78 is 9.21. The molecular formula is C24H18N6O. The molecule has 7 heteroatoms. The highest BCUT2D eigenvalue weighted by atomic mass is 16.5. The largest absolute Gasteiger partial charge is 0.487 e. The second-order valence-electron chi connectivity index (χ2n) is 7.13. The fraction of sp³-hybridized carbons (Fsp3) is 0.0833. The molecule has 0 saturated heterocycles. The molecule has 0 bridgehead atoms. The van der Waals surface area contributed by atoms with Crippen LogP contribution in [-0.4, -0.2) is 24.1 Å². The van der Waals surface area contributed by atoms with Crippen LogP contribution in [0, 0.1) is 18.4 Å². The number of nitrogens with zero attached hydrogens (tertiary/aromatic N) is 6. The van der Waals surface area contributed by atoms with Crippen molar-refractivity contribution in [2.75, 3.05) is 0 Å². The van der Waals surface area contributed by atoms with Crippen molar-refractivity contribution in [1.82, 2.24) is 24.1 Å². The van der Waals surface area contributed by atoms with Crippen molar-refractivity contribution >= 4 is 5.65 Å². The number of imidazole rings is 1. The van der Waals surface area contributed by atoms with Gasteiger partial charge in [0.25, 0.3) is 0 Å². The second-order valence-corrected chi connectivity index (χ2v) is 7.13. The first-order chi connectivity index (χ1) is 15.2. The van der Waals surface area contributed by atoms with Crippen LogP contribution in [0.5, 0.6) is 5.75 Å². The third-order valence-electron chi connectivity index (χ3n) is 4.99. The number of hydrogen-bond donors (Lipinski definition) is 0. The van der Waals surface area contributed by atoms with Crippen molar-refractivity contribution < 1.29 is 4.74 Å². The number of rotatable bonds is 5. The maximum atomic E-state index is 9.24. The van der Waals surface area contributed by atoms with E-state index in [1.54, 1.807) is 12.4 Å².